The van der Waals surface area contributed by atoms with Crippen molar-refractivity contribution in [3.05, 3.63) is 0 Å². The quantitative estimate of drug-likeness (QED) is 0.322. The van der Waals surface area contributed by atoms with Crippen molar-refractivity contribution in [3.8, 4) is 6.19 Å². The lowest BCUT2D eigenvalue weighted by molar-refractivity contribution is -0.117. The van der Waals surface area contributed by atoms with Crippen molar-refractivity contribution >= 4 is 40.6 Å². The van der Waals surface area contributed by atoms with Crippen LogP contribution in [0.1, 0.15) is 13.8 Å². The maximum atomic E-state index is 9.98. The minimum absolute atomic E-state index is 0.0208. The summed E-state index contributed by atoms with van der Waals surface area (Å²) in [5, 5.41) is 10.5. The maximum absolute atomic E-state index is 9.98. The number of nitriles is 1. The van der Waals surface area contributed by atoms with Crippen LogP contribution in [0.4, 0.5) is 0 Å². The first-order chi connectivity index (χ1) is 6.84. The predicted molar refractivity (Wildman–Crippen MR) is 65.4 cm³/mol. The van der Waals surface area contributed by atoms with E-state index in [2.05, 4.69) is 29.8 Å². The van der Waals surface area contributed by atoms with Gasteiger partial charge in [0, 0.05) is 13.5 Å². The summed E-state index contributed by atoms with van der Waals surface area (Å²) in [6.45, 7) is 3.70. The van der Waals surface area contributed by atoms with E-state index in [1.807, 2.05) is 13.1 Å². The molecule has 0 fully saturated rings. The standard InChI is InChI=1S/C4H7N3S.C3H6N2OS/c1-2-7(3-5)4(6)8;1-2(6)5-3(4)7/h2H2,1H3,(H2,6,8);1H3,(H3,4,5,6,7). The van der Waals surface area contributed by atoms with Crippen LogP contribution in [-0.4, -0.2) is 27.6 Å². The maximum Gasteiger partial charge on any atom is 0.222 e. The van der Waals surface area contributed by atoms with Crippen LogP contribution in [0.3, 0.4) is 0 Å². The first-order valence-corrected chi connectivity index (χ1v) is 4.70. The van der Waals surface area contributed by atoms with Gasteiger partial charge >= 0.3 is 0 Å². The van der Waals surface area contributed by atoms with Gasteiger partial charge in [-0.05, 0) is 31.4 Å². The fourth-order valence-electron chi connectivity index (χ4n) is 0.449. The zero-order chi connectivity index (χ0) is 12.4. The fourth-order valence-corrected chi connectivity index (χ4v) is 0.763. The molecule has 0 aromatic rings. The Balaban J connectivity index is 0. The van der Waals surface area contributed by atoms with E-state index in [1.54, 1.807) is 0 Å². The van der Waals surface area contributed by atoms with E-state index in [1.165, 1.54) is 11.8 Å². The molecule has 0 aromatic carbocycles. The Hall–Kier alpha value is -1.46. The summed E-state index contributed by atoms with van der Waals surface area (Å²) in [6, 6.07) is 0. The van der Waals surface area contributed by atoms with Crippen molar-refractivity contribution in [2.45, 2.75) is 13.8 Å². The molecular formula is C7H13N5OS2. The van der Waals surface area contributed by atoms with E-state index in [4.69, 9.17) is 16.7 Å². The molecule has 0 unspecified atom stereocenters. The van der Waals surface area contributed by atoms with Gasteiger partial charge in [0.25, 0.3) is 0 Å². The lowest BCUT2D eigenvalue weighted by atomic mass is 10.7. The summed E-state index contributed by atoms with van der Waals surface area (Å²) < 4.78 is 0. The topological polar surface area (TPSA) is 108 Å². The average Bonchev–Trinajstić information content (AvgIpc) is 2.03. The van der Waals surface area contributed by atoms with Crippen molar-refractivity contribution in [1.29, 1.82) is 5.26 Å². The minimum atomic E-state index is -0.229. The highest BCUT2D eigenvalue weighted by Crippen LogP contribution is 1.80. The first-order valence-electron chi connectivity index (χ1n) is 3.88. The predicted octanol–water partition coefficient (Wildman–Crippen LogP) is -0.601. The summed E-state index contributed by atoms with van der Waals surface area (Å²) in [4.78, 5) is 11.2. The number of amides is 1. The van der Waals surface area contributed by atoms with E-state index in [9.17, 15) is 4.79 Å². The Bertz CT molecular complexity index is 274. The largest absolute Gasteiger partial charge is 0.376 e. The lowest BCUT2D eigenvalue weighted by Crippen LogP contribution is -2.32. The van der Waals surface area contributed by atoms with Gasteiger partial charge in [-0.25, -0.2) is 0 Å². The molecule has 5 N–H and O–H groups in total. The van der Waals surface area contributed by atoms with Crippen LogP contribution >= 0.6 is 24.4 Å². The Morgan fingerprint density at radius 1 is 1.53 bits per heavy atom. The van der Waals surface area contributed by atoms with Gasteiger partial charge in [-0.15, -0.1) is 0 Å². The van der Waals surface area contributed by atoms with Crippen molar-refractivity contribution in [1.82, 2.24) is 10.2 Å². The van der Waals surface area contributed by atoms with Crippen LogP contribution in [0.15, 0.2) is 0 Å². The third-order valence-electron chi connectivity index (χ3n) is 1.00. The van der Waals surface area contributed by atoms with Gasteiger partial charge in [-0.3, -0.25) is 9.69 Å². The van der Waals surface area contributed by atoms with Crippen molar-refractivity contribution < 1.29 is 4.79 Å². The number of thiocarbonyl (C=S) groups is 2. The molecule has 0 saturated heterocycles. The third-order valence-corrected chi connectivity index (χ3v) is 1.32. The molecular weight excluding hydrogens is 234 g/mol. The van der Waals surface area contributed by atoms with Gasteiger partial charge in [0.1, 0.15) is 0 Å². The molecule has 0 saturated carbocycles. The molecule has 0 rings (SSSR count). The number of nitrogens with zero attached hydrogens (tertiary/aromatic N) is 2. The molecule has 0 heterocycles. The molecule has 15 heavy (non-hydrogen) atoms. The van der Waals surface area contributed by atoms with Crippen LogP contribution in [0, 0.1) is 11.5 Å². The van der Waals surface area contributed by atoms with Crippen LogP contribution in [0.2, 0.25) is 0 Å². The molecule has 0 aromatic heterocycles. The number of carbonyl (C=O) groups is 1. The zero-order valence-electron chi connectivity index (χ0n) is 8.48. The van der Waals surface area contributed by atoms with Gasteiger partial charge in [0.15, 0.2) is 16.4 Å². The lowest BCUT2D eigenvalue weighted by Gasteiger charge is -2.07. The van der Waals surface area contributed by atoms with E-state index in [-0.39, 0.29) is 16.1 Å². The summed E-state index contributed by atoms with van der Waals surface area (Å²) >= 11 is 8.81. The molecule has 0 aliphatic carbocycles. The second-order valence-corrected chi connectivity index (χ2v) is 3.09. The molecule has 0 atom stereocenters. The smallest absolute Gasteiger partial charge is 0.222 e. The minimum Gasteiger partial charge on any atom is -0.376 e. The highest BCUT2D eigenvalue weighted by atomic mass is 32.1. The van der Waals surface area contributed by atoms with Crippen molar-refractivity contribution in [2.24, 2.45) is 11.5 Å². The van der Waals surface area contributed by atoms with E-state index in [0.717, 1.165) is 0 Å². The summed E-state index contributed by atoms with van der Waals surface area (Å²) in [7, 11) is 0. The van der Waals surface area contributed by atoms with Crippen LogP contribution < -0.4 is 16.8 Å². The second kappa shape index (κ2) is 9.11. The number of hydrogen-bond acceptors (Lipinski definition) is 4. The van der Waals surface area contributed by atoms with E-state index >= 15 is 0 Å². The van der Waals surface area contributed by atoms with Gasteiger partial charge in [-0.2, -0.15) is 5.26 Å². The van der Waals surface area contributed by atoms with Gasteiger partial charge in [0.2, 0.25) is 5.91 Å². The SMILES string of the molecule is CC(=O)NC(N)=S.CCN(C#N)C(N)=S. The van der Waals surface area contributed by atoms with Crippen molar-refractivity contribution in [3.63, 3.8) is 0 Å². The van der Waals surface area contributed by atoms with Crippen LogP contribution in [0.25, 0.3) is 0 Å². The van der Waals surface area contributed by atoms with Gasteiger partial charge in [0.05, 0.1) is 0 Å². The van der Waals surface area contributed by atoms with Crippen molar-refractivity contribution in [2.75, 3.05) is 6.54 Å². The normalized spacial score (nSPS) is 7.53. The molecule has 1 amide bonds. The second-order valence-electron chi connectivity index (χ2n) is 2.23. The average molecular weight is 247 g/mol. The molecule has 0 aliphatic rings. The highest BCUT2D eigenvalue weighted by Gasteiger charge is 1.97. The zero-order valence-corrected chi connectivity index (χ0v) is 10.1. The molecule has 8 heteroatoms. The molecule has 84 valence electrons. The summed E-state index contributed by atoms with van der Waals surface area (Å²) in [6.07, 6.45) is 1.82. The number of carbonyl (C=O) groups excluding carboxylic acids is 1. The Labute approximate surface area is 99.2 Å². The Kier molecular flexibility index (Phi) is 9.71. The Morgan fingerprint density at radius 2 is 2.00 bits per heavy atom. The van der Waals surface area contributed by atoms with Gasteiger partial charge in [-0.1, -0.05) is 0 Å². The first kappa shape index (κ1) is 16.0. The molecule has 6 nitrogen and oxygen atoms in total. The van der Waals surface area contributed by atoms with Gasteiger partial charge < -0.3 is 16.8 Å². The summed E-state index contributed by atoms with van der Waals surface area (Å²) in [5.74, 6) is -0.229. The molecule has 0 aliphatic heterocycles. The van der Waals surface area contributed by atoms with Crippen LogP contribution in [0.5, 0.6) is 0 Å². The third kappa shape index (κ3) is 12.5. The molecule has 0 bridgehead atoms. The molecule has 0 radical (unpaired) electrons. The Morgan fingerprint density at radius 3 is 2.00 bits per heavy atom. The van der Waals surface area contributed by atoms with E-state index in [0.29, 0.717) is 6.54 Å². The number of rotatable bonds is 1. The van der Waals surface area contributed by atoms with Crippen LogP contribution in [-0.2, 0) is 4.79 Å². The summed E-state index contributed by atoms with van der Waals surface area (Å²) in [5.41, 5.74) is 9.99. The number of hydrogen-bond donors (Lipinski definition) is 3. The fraction of sp³-hybridized carbons (Fsp3) is 0.429. The highest BCUT2D eigenvalue weighted by molar-refractivity contribution is 7.80. The number of nitrogens with one attached hydrogen (secondary N) is 1. The monoisotopic (exact) mass is 247 g/mol. The van der Waals surface area contributed by atoms with E-state index < -0.39 is 0 Å². The molecule has 0 spiro atoms. The number of nitrogens with two attached hydrogens (primary N) is 2.